The van der Waals surface area contributed by atoms with Crippen LogP contribution in [0.2, 0.25) is 0 Å². The fourth-order valence-electron chi connectivity index (χ4n) is 3.50. The summed E-state index contributed by atoms with van der Waals surface area (Å²) in [5.74, 6) is 1.55. The SMILES string of the molecule is CCCCN(C)C(=O)C1CCN(C(=O)/C=C/c2ccc(OCC)c(OC)c2)CC1. The largest absolute Gasteiger partial charge is 0.493 e. The third kappa shape index (κ3) is 6.51. The predicted octanol–water partition coefficient (Wildman–Crippen LogP) is 3.60. The maximum absolute atomic E-state index is 12.5. The number of unbranched alkanes of at least 4 members (excludes halogenated alkanes) is 1. The van der Waals surface area contributed by atoms with Gasteiger partial charge in [0.05, 0.1) is 13.7 Å². The lowest BCUT2D eigenvalue weighted by Crippen LogP contribution is -2.43. The molecule has 6 nitrogen and oxygen atoms in total. The van der Waals surface area contributed by atoms with E-state index >= 15 is 0 Å². The number of benzene rings is 1. The molecule has 0 aromatic heterocycles. The van der Waals surface area contributed by atoms with Gasteiger partial charge in [-0.05, 0) is 50.0 Å². The van der Waals surface area contributed by atoms with Crippen LogP contribution >= 0.6 is 0 Å². The summed E-state index contributed by atoms with van der Waals surface area (Å²) >= 11 is 0. The zero-order valence-corrected chi connectivity index (χ0v) is 18.1. The molecule has 6 heteroatoms. The first-order chi connectivity index (χ1) is 14.0. The Morgan fingerprint density at radius 2 is 1.93 bits per heavy atom. The van der Waals surface area contributed by atoms with Crippen LogP contribution in [0.1, 0.15) is 45.1 Å². The van der Waals surface area contributed by atoms with E-state index < -0.39 is 0 Å². The molecule has 1 fully saturated rings. The average molecular weight is 403 g/mol. The molecule has 0 saturated carbocycles. The first kappa shape index (κ1) is 22.8. The standard InChI is InChI=1S/C23H34N2O4/c1-5-7-14-24(3)23(27)19-12-15-25(16-13-19)22(26)11-9-18-8-10-20(29-6-2)21(17-18)28-4/h8-11,17,19H,5-7,12-16H2,1-4H3/b11-9+. The van der Waals surface area contributed by atoms with Crippen LogP contribution in [-0.4, -0.2) is 62.0 Å². The average Bonchev–Trinajstić information content (AvgIpc) is 2.76. The summed E-state index contributed by atoms with van der Waals surface area (Å²) in [7, 11) is 3.48. The third-order valence-corrected chi connectivity index (χ3v) is 5.29. The van der Waals surface area contributed by atoms with Crippen molar-refractivity contribution in [2.75, 3.05) is 40.4 Å². The molecule has 1 aliphatic rings. The summed E-state index contributed by atoms with van der Waals surface area (Å²) in [6.45, 7) is 6.66. The first-order valence-corrected chi connectivity index (χ1v) is 10.5. The lowest BCUT2D eigenvalue weighted by atomic mass is 9.95. The van der Waals surface area contributed by atoms with Crippen LogP contribution in [-0.2, 0) is 9.59 Å². The van der Waals surface area contributed by atoms with Crippen LogP contribution in [0.3, 0.4) is 0 Å². The Balaban J connectivity index is 1.88. The van der Waals surface area contributed by atoms with Crippen molar-refractivity contribution >= 4 is 17.9 Å². The Kier molecular flexibility index (Phi) is 9.03. The second-order valence-electron chi connectivity index (χ2n) is 7.39. The highest BCUT2D eigenvalue weighted by Crippen LogP contribution is 2.28. The lowest BCUT2D eigenvalue weighted by molar-refractivity contribution is -0.138. The van der Waals surface area contributed by atoms with Crippen LogP contribution in [0.25, 0.3) is 6.08 Å². The number of likely N-dealkylation sites (tertiary alicyclic amines) is 1. The van der Waals surface area contributed by atoms with E-state index in [1.807, 2.05) is 42.0 Å². The third-order valence-electron chi connectivity index (χ3n) is 5.29. The van der Waals surface area contributed by atoms with Gasteiger partial charge in [-0.1, -0.05) is 19.4 Å². The maximum atomic E-state index is 12.5. The molecule has 2 amide bonds. The van der Waals surface area contributed by atoms with Crippen molar-refractivity contribution in [3.63, 3.8) is 0 Å². The van der Waals surface area contributed by atoms with E-state index in [2.05, 4.69) is 6.92 Å². The highest BCUT2D eigenvalue weighted by molar-refractivity contribution is 5.92. The second-order valence-corrected chi connectivity index (χ2v) is 7.39. The molecule has 0 radical (unpaired) electrons. The monoisotopic (exact) mass is 402 g/mol. The summed E-state index contributed by atoms with van der Waals surface area (Å²) in [6.07, 6.45) is 6.94. The molecule has 0 bridgehead atoms. The van der Waals surface area contributed by atoms with E-state index in [1.165, 1.54) is 0 Å². The van der Waals surface area contributed by atoms with Crippen molar-refractivity contribution in [1.29, 1.82) is 0 Å². The smallest absolute Gasteiger partial charge is 0.246 e. The highest BCUT2D eigenvalue weighted by atomic mass is 16.5. The molecule has 1 aliphatic heterocycles. The number of hydrogen-bond acceptors (Lipinski definition) is 4. The molecule has 0 spiro atoms. The summed E-state index contributed by atoms with van der Waals surface area (Å²) in [6, 6.07) is 5.60. The fraction of sp³-hybridized carbons (Fsp3) is 0.565. The first-order valence-electron chi connectivity index (χ1n) is 10.5. The van der Waals surface area contributed by atoms with Crippen LogP contribution in [0.15, 0.2) is 24.3 Å². The van der Waals surface area contributed by atoms with Gasteiger partial charge < -0.3 is 19.3 Å². The minimum absolute atomic E-state index is 0.0249. The zero-order chi connectivity index (χ0) is 21.2. The van der Waals surface area contributed by atoms with Gasteiger partial charge in [0.1, 0.15) is 0 Å². The van der Waals surface area contributed by atoms with Gasteiger partial charge in [-0.3, -0.25) is 9.59 Å². The van der Waals surface area contributed by atoms with E-state index in [0.717, 1.165) is 37.8 Å². The number of carbonyl (C=O) groups is 2. The number of carbonyl (C=O) groups excluding carboxylic acids is 2. The molecule has 0 N–H and O–H groups in total. The van der Waals surface area contributed by atoms with Crippen LogP contribution in [0.4, 0.5) is 0 Å². The quantitative estimate of drug-likeness (QED) is 0.592. The van der Waals surface area contributed by atoms with Crippen LogP contribution in [0, 0.1) is 5.92 Å². The molecule has 0 atom stereocenters. The van der Waals surface area contributed by atoms with Gasteiger partial charge in [0, 0.05) is 38.7 Å². The molecule has 0 aliphatic carbocycles. The van der Waals surface area contributed by atoms with Gasteiger partial charge in [0.25, 0.3) is 0 Å². The second kappa shape index (κ2) is 11.5. The van der Waals surface area contributed by atoms with Crippen molar-refractivity contribution in [2.45, 2.75) is 39.5 Å². The molecule has 0 unspecified atom stereocenters. The number of hydrogen-bond donors (Lipinski definition) is 0. The molecular weight excluding hydrogens is 368 g/mol. The number of piperidine rings is 1. The molecule has 29 heavy (non-hydrogen) atoms. The number of nitrogens with zero attached hydrogens (tertiary/aromatic N) is 2. The number of rotatable bonds is 9. The Bertz CT molecular complexity index is 709. The topological polar surface area (TPSA) is 59.1 Å². The molecule has 1 saturated heterocycles. The Morgan fingerprint density at radius 1 is 1.21 bits per heavy atom. The van der Waals surface area contributed by atoms with Gasteiger partial charge in [0.15, 0.2) is 11.5 Å². The summed E-state index contributed by atoms with van der Waals surface area (Å²) < 4.78 is 10.9. The minimum Gasteiger partial charge on any atom is -0.493 e. The molecule has 1 aromatic rings. The van der Waals surface area contributed by atoms with Crippen molar-refractivity contribution in [1.82, 2.24) is 9.80 Å². The van der Waals surface area contributed by atoms with Crippen molar-refractivity contribution in [3.8, 4) is 11.5 Å². The normalized spacial score (nSPS) is 14.8. The van der Waals surface area contributed by atoms with E-state index in [1.54, 1.807) is 19.3 Å². The molecule has 1 heterocycles. The van der Waals surface area contributed by atoms with Crippen LogP contribution in [0.5, 0.6) is 11.5 Å². The predicted molar refractivity (Wildman–Crippen MR) is 115 cm³/mol. The molecule has 2 rings (SSSR count). The summed E-state index contributed by atoms with van der Waals surface area (Å²) in [5, 5.41) is 0. The highest BCUT2D eigenvalue weighted by Gasteiger charge is 2.28. The molecule has 1 aromatic carbocycles. The van der Waals surface area contributed by atoms with E-state index in [0.29, 0.717) is 31.2 Å². The van der Waals surface area contributed by atoms with Gasteiger partial charge in [0.2, 0.25) is 11.8 Å². The van der Waals surface area contributed by atoms with Crippen LogP contribution < -0.4 is 9.47 Å². The minimum atomic E-state index is -0.0249. The van der Waals surface area contributed by atoms with E-state index in [-0.39, 0.29) is 17.7 Å². The molecular formula is C23H34N2O4. The van der Waals surface area contributed by atoms with Crippen molar-refractivity contribution in [3.05, 3.63) is 29.8 Å². The number of methoxy groups -OCH3 is 1. The zero-order valence-electron chi connectivity index (χ0n) is 18.1. The lowest BCUT2D eigenvalue weighted by Gasteiger charge is -2.32. The van der Waals surface area contributed by atoms with Crippen molar-refractivity contribution in [2.24, 2.45) is 5.92 Å². The maximum Gasteiger partial charge on any atom is 0.246 e. The Labute approximate surface area is 174 Å². The number of ether oxygens (including phenoxy) is 2. The van der Waals surface area contributed by atoms with Crippen molar-refractivity contribution < 1.29 is 19.1 Å². The molecule has 160 valence electrons. The Hall–Kier alpha value is -2.50. The Morgan fingerprint density at radius 3 is 2.55 bits per heavy atom. The van der Waals surface area contributed by atoms with E-state index in [9.17, 15) is 9.59 Å². The van der Waals surface area contributed by atoms with E-state index in [4.69, 9.17) is 9.47 Å². The number of amides is 2. The summed E-state index contributed by atoms with van der Waals surface area (Å²) in [4.78, 5) is 28.7. The summed E-state index contributed by atoms with van der Waals surface area (Å²) in [5.41, 5.74) is 0.876. The van der Waals surface area contributed by atoms with Gasteiger partial charge in [-0.2, -0.15) is 0 Å². The van der Waals surface area contributed by atoms with Gasteiger partial charge in [-0.15, -0.1) is 0 Å². The van der Waals surface area contributed by atoms with Gasteiger partial charge in [-0.25, -0.2) is 0 Å². The van der Waals surface area contributed by atoms with Gasteiger partial charge >= 0.3 is 0 Å². The fourth-order valence-corrected chi connectivity index (χ4v) is 3.50.